The highest BCUT2D eigenvalue weighted by atomic mass is 79.9. The van der Waals surface area contributed by atoms with Crippen molar-refractivity contribution in [2.45, 2.75) is 45.1 Å². The van der Waals surface area contributed by atoms with Crippen LogP contribution in [0.25, 0.3) is 0 Å². The SMILES string of the molecule is CCC(CC)(CO)NC(=O)CCc1ccc(OC)c(Br)c1. The van der Waals surface area contributed by atoms with E-state index in [0.717, 1.165) is 28.6 Å². The van der Waals surface area contributed by atoms with Gasteiger partial charge in [-0.25, -0.2) is 0 Å². The fraction of sp³-hybridized carbons (Fsp3) is 0.562. The van der Waals surface area contributed by atoms with Gasteiger partial charge >= 0.3 is 0 Å². The standard InChI is InChI=1S/C16H24BrNO3/c1-4-16(5-2,11-19)18-15(20)9-7-12-6-8-14(21-3)13(17)10-12/h6,8,10,19H,4-5,7,9,11H2,1-3H3,(H,18,20). The number of benzene rings is 1. The maximum Gasteiger partial charge on any atom is 0.220 e. The molecular formula is C16H24BrNO3. The fourth-order valence-electron chi connectivity index (χ4n) is 2.17. The van der Waals surface area contributed by atoms with Gasteiger partial charge in [-0.15, -0.1) is 0 Å². The van der Waals surface area contributed by atoms with E-state index >= 15 is 0 Å². The summed E-state index contributed by atoms with van der Waals surface area (Å²) in [6.45, 7) is 3.92. The van der Waals surface area contributed by atoms with Crippen LogP contribution in [-0.4, -0.2) is 30.3 Å². The first-order valence-corrected chi connectivity index (χ1v) is 8.03. The second-order valence-corrected chi connectivity index (χ2v) is 6.02. The Morgan fingerprint density at radius 2 is 2.05 bits per heavy atom. The molecule has 0 fully saturated rings. The normalized spacial score (nSPS) is 11.3. The molecule has 0 aliphatic carbocycles. The van der Waals surface area contributed by atoms with Crippen LogP contribution in [0.15, 0.2) is 22.7 Å². The van der Waals surface area contributed by atoms with Gasteiger partial charge in [0.25, 0.3) is 0 Å². The molecule has 2 N–H and O–H groups in total. The largest absolute Gasteiger partial charge is 0.496 e. The van der Waals surface area contributed by atoms with Crippen LogP contribution in [0.2, 0.25) is 0 Å². The number of hydrogen-bond acceptors (Lipinski definition) is 3. The van der Waals surface area contributed by atoms with Crippen molar-refractivity contribution in [2.75, 3.05) is 13.7 Å². The van der Waals surface area contributed by atoms with Crippen LogP contribution < -0.4 is 10.1 Å². The van der Waals surface area contributed by atoms with Crippen molar-refractivity contribution >= 4 is 21.8 Å². The van der Waals surface area contributed by atoms with Crippen molar-refractivity contribution in [3.63, 3.8) is 0 Å². The summed E-state index contributed by atoms with van der Waals surface area (Å²) in [5, 5.41) is 12.4. The lowest BCUT2D eigenvalue weighted by Gasteiger charge is -2.30. The molecule has 0 bridgehead atoms. The van der Waals surface area contributed by atoms with Crippen LogP contribution in [-0.2, 0) is 11.2 Å². The second-order valence-electron chi connectivity index (χ2n) is 5.16. The predicted octanol–water partition coefficient (Wildman–Crippen LogP) is 3.06. The number of amides is 1. The molecule has 4 nitrogen and oxygen atoms in total. The van der Waals surface area contributed by atoms with Gasteiger partial charge < -0.3 is 15.2 Å². The molecule has 0 saturated heterocycles. The summed E-state index contributed by atoms with van der Waals surface area (Å²) >= 11 is 3.44. The number of aliphatic hydroxyl groups is 1. The van der Waals surface area contributed by atoms with Gasteiger partial charge in [0.05, 0.1) is 23.7 Å². The molecule has 0 unspecified atom stereocenters. The van der Waals surface area contributed by atoms with Gasteiger partial charge in [-0.05, 0) is 52.9 Å². The summed E-state index contributed by atoms with van der Waals surface area (Å²) in [7, 11) is 1.62. The lowest BCUT2D eigenvalue weighted by Crippen LogP contribution is -2.50. The van der Waals surface area contributed by atoms with Gasteiger partial charge in [-0.1, -0.05) is 19.9 Å². The molecule has 0 aliphatic heterocycles. The molecule has 0 heterocycles. The van der Waals surface area contributed by atoms with Gasteiger partial charge in [0.15, 0.2) is 0 Å². The van der Waals surface area contributed by atoms with E-state index in [1.807, 2.05) is 32.0 Å². The minimum Gasteiger partial charge on any atom is -0.496 e. The van der Waals surface area contributed by atoms with Crippen LogP contribution in [0.4, 0.5) is 0 Å². The van der Waals surface area contributed by atoms with Crippen LogP contribution in [0.1, 0.15) is 38.7 Å². The highest BCUT2D eigenvalue weighted by Gasteiger charge is 2.26. The zero-order valence-electron chi connectivity index (χ0n) is 12.9. The number of halogens is 1. The molecule has 0 saturated carbocycles. The molecule has 0 atom stereocenters. The number of ether oxygens (including phenoxy) is 1. The molecular weight excluding hydrogens is 334 g/mol. The third kappa shape index (κ3) is 5.00. The average molecular weight is 358 g/mol. The Labute approximate surface area is 135 Å². The van der Waals surface area contributed by atoms with Crippen molar-refractivity contribution in [3.8, 4) is 5.75 Å². The van der Waals surface area contributed by atoms with Crippen LogP contribution in [0.3, 0.4) is 0 Å². The monoisotopic (exact) mass is 357 g/mol. The Morgan fingerprint density at radius 1 is 1.38 bits per heavy atom. The number of aliphatic hydroxyl groups excluding tert-OH is 1. The van der Waals surface area contributed by atoms with E-state index in [-0.39, 0.29) is 12.5 Å². The molecule has 1 aromatic rings. The number of carbonyl (C=O) groups is 1. The smallest absolute Gasteiger partial charge is 0.220 e. The van der Waals surface area contributed by atoms with Gasteiger partial charge in [-0.2, -0.15) is 0 Å². The van der Waals surface area contributed by atoms with Crippen molar-refractivity contribution in [3.05, 3.63) is 28.2 Å². The van der Waals surface area contributed by atoms with Crippen LogP contribution in [0, 0.1) is 0 Å². The number of hydrogen-bond donors (Lipinski definition) is 2. The van der Waals surface area contributed by atoms with E-state index in [4.69, 9.17) is 4.74 Å². The van der Waals surface area contributed by atoms with Gasteiger partial charge in [-0.3, -0.25) is 4.79 Å². The maximum atomic E-state index is 12.1. The number of carbonyl (C=O) groups excluding carboxylic acids is 1. The van der Waals surface area contributed by atoms with E-state index in [1.165, 1.54) is 0 Å². The summed E-state index contributed by atoms with van der Waals surface area (Å²) < 4.78 is 6.07. The Balaban J connectivity index is 2.59. The number of methoxy groups -OCH3 is 1. The van der Waals surface area contributed by atoms with E-state index in [9.17, 15) is 9.90 Å². The molecule has 0 aliphatic rings. The number of nitrogens with one attached hydrogen (secondary N) is 1. The van der Waals surface area contributed by atoms with Crippen LogP contribution in [0.5, 0.6) is 5.75 Å². The number of aryl methyl sites for hydroxylation is 1. The van der Waals surface area contributed by atoms with Gasteiger partial charge in [0, 0.05) is 6.42 Å². The minimum absolute atomic E-state index is 0.0280. The van der Waals surface area contributed by atoms with Crippen molar-refractivity contribution in [1.29, 1.82) is 0 Å². The highest BCUT2D eigenvalue weighted by molar-refractivity contribution is 9.10. The van der Waals surface area contributed by atoms with E-state index in [2.05, 4.69) is 21.2 Å². The first-order valence-electron chi connectivity index (χ1n) is 7.24. The first-order chi connectivity index (χ1) is 10.00. The molecule has 0 aromatic heterocycles. The molecule has 1 amide bonds. The first kappa shape index (κ1) is 18.0. The Morgan fingerprint density at radius 3 is 2.52 bits per heavy atom. The molecule has 0 spiro atoms. The average Bonchev–Trinajstić information content (AvgIpc) is 2.51. The van der Waals surface area contributed by atoms with E-state index in [1.54, 1.807) is 7.11 Å². The summed E-state index contributed by atoms with van der Waals surface area (Å²) in [6, 6.07) is 5.80. The van der Waals surface area contributed by atoms with E-state index < -0.39 is 5.54 Å². The molecule has 1 aromatic carbocycles. The van der Waals surface area contributed by atoms with Gasteiger partial charge in [0.1, 0.15) is 5.75 Å². The third-order valence-corrected chi connectivity index (χ3v) is 4.54. The molecule has 0 radical (unpaired) electrons. The van der Waals surface area contributed by atoms with Crippen molar-refractivity contribution in [2.24, 2.45) is 0 Å². The Hall–Kier alpha value is -1.07. The lowest BCUT2D eigenvalue weighted by atomic mass is 9.93. The summed E-state index contributed by atoms with van der Waals surface area (Å²) in [5.41, 5.74) is 0.581. The molecule has 5 heteroatoms. The predicted molar refractivity (Wildman–Crippen MR) is 87.6 cm³/mol. The zero-order valence-corrected chi connectivity index (χ0v) is 14.5. The zero-order chi connectivity index (χ0) is 15.9. The van der Waals surface area contributed by atoms with Crippen molar-refractivity contribution in [1.82, 2.24) is 5.32 Å². The van der Waals surface area contributed by atoms with Crippen LogP contribution >= 0.6 is 15.9 Å². The van der Waals surface area contributed by atoms with Crippen molar-refractivity contribution < 1.29 is 14.6 Å². The fourth-order valence-corrected chi connectivity index (χ4v) is 2.76. The lowest BCUT2D eigenvalue weighted by molar-refractivity contribution is -0.123. The third-order valence-electron chi connectivity index (χ3n) is 3.92. The maximum absolute atomic E-state index is 12.1. The Bertz CT molecular complexity index is 464. The molecule has 118 valence electrons. The second kappa shape index (κ2) is 8.39. The quantitative estimate of drug-likeness (QED) is 0.751. The topological polar surface area (TPSA) is 58.6 Å². The molecule has 21 heavy (non-hydrogen) atoms. The number of rotatable bonds is 8. The minimum atomic E-state index is -0.489. The Kier molecular flexibility index (Phi) is 7.18. The highest BCUT2D eigenvalue weighted by Crippen LogP contribution is 2.26. The van der Waals surface area contributed by atoms with Gasteiger partial charge in [0.2, 0.25) is 5.91 Å². The molecule has 1 rings (SSSR count). The summed E-state index contributed by atoms with van der Waals surface area (Å²) in [4.78, 5) is 12.1. The summed E-state index contributed by atoms with van der Waals surface area (Å²) in [6.07, 6.45) is 2.50. The van der Waals surface area contributed by atoms with E-state index in [0.29, 0.717) is 12.8 Å². The summed E-state index contributed by atoms with van der Waals surface area (Å²) in [5.74, 6) is 0.749.